The molecule has 0 atom stereocenters. The molecule has 0 aliphatic carbocycles. The molecule has 0 radical (unpaired) electrons. The summed E-state index contributed by atoms with van der Waals surface area (Å²) in [5.74, 6) is 6.67. The Balaban J connectivity index is 2.43. The first-order valence-electron chi connectivity index (χ1n) is 6.99. The van der Waals surface area contributed by atoms with Gasteiger partial charge in [0, 0.05) is 5.56 Å². The van der Waals surface area contributed by atoms with Gasteiger partial charge in [-0.3, -0.25) is 0 Å². The van der Waals surface area contributed by atoms with Crippen molar-refractivity contribution in [2.45, 2.75) is 46.3 Å². The molecule has 1 amide bonds. The second kappa shape index (κ2) is 7.58. The Morgan fingerprint density at radius 3 is 2.38 bits per heavy atom. The summed E-state index contributed by atoms with van der Waals surface area (Å²) < 4.78 is 10.7. The second-order valence-electron chi connectivity index (χ2n) is 5.85. The Labute approximate surface area is 126 Å². The molecular weight excluding hydrogens is 266 g/mol. The van der Waals surface area contributed by atoms with E-state index < -0.39 is 11.7 Å². The molecule has 0 saturated heterocycles. The van der Waals surface area contributed by atoms with Crippen molar-refractivity contribution in [2.75, 3.05) is 6.54 Å². The molecule has 114 valence electrons. The van der Waals surface area contributed by atoms with Crippen LogP contribution in [0.15, 0.2) is 24.3 Å². The Morgan fingerprint density at radius 1 is 1.24 bits per heavy atom. The van der Waals surface area contributed by atoms with Crippen LogP contribution in [0.2, 0.25) is 0 Å². The van der Waals surface area contributed by atoms with Gasteiger partial charge >= 0.3 is 6.09 Å². The number of hydrogen-bond donors (Lipinski definition) is 1. The standard InChI is InChI=1S/C17H23NO3/c1-13(2)20-15-10-8-14(9-11-15)7-6-12-18-16(19)21-17(3,4)5/h8-11,13H,12H2,1-5H3,(H,18,19). The first-order valence-corrected chi connectivity index (χ1v) is 6.99. The van der Waals surface area contributed by atoms with Crippen LogP contribution >= 0.6 is 0 Å². The third-order valence-corrected chi connectivity index (χ3v) is 2.18. The highest BCUT2D eigenvalue weighted by molar-refractivity contribution is 5.68. The van der Waals surface area contributed by atoms with Crippen molar-refractivity contribution in [3.8, 4) is 17.6 Å². The van der Waals surface area contributed by atoms with Gasteiger partial charge in [-0.15, -0.1) is 0 Å². The van der Waals surface area contributed by atoms with Crippen molar-refractivity contribution >= 4 is 6.09 Å². The lowest BCUT2D eigenvalue weighted by molar-refractivity contribution is 0.0535. The van der Waals surface area contributed by atoms with Crippen LogP contribution in [0, 0.1) is 11.8 Å². The lowest BCUT2D eigenvalue weighted by Gasteiger charge is -2.18. The molecule has 0 aliphatic rings. The molecule has 1 aromatic rings. The lowest BCUT2D eigenvalue weighted by atomic mass is 10.2. The van der Waals surface area contributed by atoms with Gasteiger partial charge < -0.3 is 14.8 Å². The zero-order valence-electron chi connectivity index (χ0n) is 13.3. The summed E-state index contributed by atoms with van der Waals surface area (Å²) in [6.45, 7) is 9.67. The van der Waals surface area contributed by atoms with Crippen molar-refractivity contribution in [3.63, 3.8) is 0 Å². The van der Waals surface area contributed by atoms with Gasteiger partial charge in [0.05, 0.1) is 12.6 Å². The molecule has 21 heavy (non-hydrogen) atoms. The topological polar surface area (TPSA) is 47.6 Å². The highest BCUT2D eigenvalue weighted by Crippen LogP contribution is 2.13. The maximum absolute atomic E-state index is 11.4. The predicted octanol–water partition coefficient (Wildman–Crippen LogP) is 3.35. The normalized spacial score (nSPS) is 10.6. The number of ether oxygens (including phenoxy) is 2. The fourth-order valence-electron chi connectivity index (χ4n) is 1.47. The number of rotatable bonds is 3. The van der Waals surface area contributed by atoms with Gasteiger partial charge in [-0.05, 0) is 58.9 Å². The summed E-state index contributed by atoms with van der Waals surface area (Å²) in [4.78, 5) is 11.4. The molecule has 0 fully saturated rings. The molecule has 1 rings (SSSR count). The van der Waals surface area contributed by atoms with E-state index in [1.807, 2.05) is 58.9 Å². The predicted molar refractivity (Wildman–Crippen MR) is 83.3 cm³/mol. The van der Waals surface area contributed by atoms with Gasteiger partial charge in [-0.1, -0.05) is 11.8 Å². The van der Waals surface area contributed by atoms with Crippen molar-refractivity contribution < 1.29 is 14.3 Å². The van der Waals surface area contributed by atoms with Gasteiger partial charge in [0.1, 0.15) is 11.4 Å². The van der Waals surface area contributed by atoms with Crippen LogP contribution in [0.3, 0.4) is 0 Å². The number of carbonyl (C=O) groups excluding carboxylic acids is 1. The minimum atomic E-state index is -0.496. The minimum absolute atomic E-state index is 0.153. The van der Waals surface area contributed by atoms with Gasteiger partial charge in [0.15, 0.2) is 0 Å². The summed E-state index contributed by atoms with van der Waals surface area (Å²) in [5.41, 5.74) is 0.376. The van der Waals surface area contributed by atoms with Gasteiger partial charge in [0.25, 0.3) is 0 Å². The van der Waals surface area contributed by atoms with Crippen molar-refractivity contribution in [1.29, 1.82) is 0 Å². The van der Waals surface area contributed by atoms with E-state index in [0.717, 1.165) is 11.3 Å². The Bertz CT molecular complexity index is 516. The monoisotopic (exact) mass is 289 g/mol. The summed E-state index contributed by atoms with van der Waals surface area (Å²) >= 11 is 0. The van der Waals surface area contributed by atoms with Crippen LogP contribution in [-0.4, -0.2) is 24.3 Å². The zero-order valence-corrected chi connectivity index (χ0v) is 13.3. The van der Waals surface area contributed by atoms with Crippen molar-refractivity contribution in [1.82, 2.24) is 5.32 Å². The molecule has 0 aliphatic heterocycles. The van der Waals surface area contributed by atoms with Gasteiger partial charge in [-0.2, -0.15) is 0 Å². The van der Waals surface area contributed by atoms with Gasteiger partial charge in [-0.25, -0.2) is 4.79 Å². The fraction of sp³-hybridized carbons (Fsp3) is 0.471. The average molecular weight is 289 g/mol. The van der Waals surface area contributed by atoms with Crippen LogP contribution in [-0.2, 0) is 4.74 Å². The molecule has 0 unspecified atom stereocenters. The summed E-state index contributed by atoms with van der Waals surface area (Å²) in [6.07, 6.45) is -0.308. The summed E-state index contributed by atoms with van der Waals surface area (Å²) in [6, 6.07) is 7.53. The van der Waals surface area contributed by atoms with Crippen molar-refractivity contribution in [2.24, 2.45) is 0 Å². The number of amides is 1. The number of carbonyl (C=O) groups is 1. The Kier molecular flexibility index (Phi) is 6.10. The first-order chi connectivity index (χ1) is 9.76. The fourth-order valence-corrected chi connectivity index (χ4v) is 1.47. The van der Waals surface area contributed by atoms with E-state index in [0.29, 0.717) is 0 Å². The van der Waals surface area contributed by atoms with E-state index in [-0.39, 0.29) is 12.6 Å². The molecule has 0 spiro atoms. The van der Waals surface area contributed by atoms with E-state index in [9.17, 15) is 4.79 Å². The average Bonchev–Trinajstić information content (AvgIpc) is 2.34. The van der Waals surface area contributed by atoms with E-state index >= 15 is 0 Å². The quantitative estimate of drug-likeness (QED) is 0.868. The molecule has 0 saturated carbocycles. The molecule has 4 heteroatoms. The van der Waals surface area contributed by atoms with E-state index in [1.165, 1.54) is 0 Å². The van der Waals surface area contributed by atoms with Crippen LogP contribution in [0.1, 0.15) is 40.2 Å². The minimum Gasteiger partial charge on any atom is -0.491 e. The van der Waals surface area contributed by atoms with E-state index in [4.69, 9.17) is 9.47 Å². The number of nitrogens with one attached hydrogen (secondary N) is 1. The summed E-state index contributed by atoms with van der Waals surface area (Å²) in [5, 5.41) is 2.59. The molecule has 0 aromatic heterocycles. The number of alkyl carbamates (subject to hydrolysis) is 1. The maximum atomic E-state index is 11.4. The maximum Gasteiger partial charge on any atom is 0.408 e. The van der Waals surface area contributed by atoms with Gasteiger partial charge in [0.2, 0.25) is 0 Å². The smallest absolute Gasteiger partial charge is 0.408 e. The van der Waals surface area contributed by atoms with Crippen LogP contribution in [0.5, 0.6) is 5.75 Å². The Hall–Kier alpha value is -2.15. The van der Waals surface area contributed by atoms with Crippen LogP contribution in [0.4, 0.5) is 4.79 Å². The molecule has 1 N–H and O–H groups in total. The SMILES string of the molecule is CC(C)Oc1ccc(C#CCNC(=O)OC(C)(C)C)cc1. The highest BCUT2D eigenvalue weighted by atomic mass is 16.6. The molecule has 4 nitrogen and oxygen atoms in total. The van der Waals surface area contributed by atoms with Crippen molar-refractivity contribution in [3.05, 3.63) is 29.8 Å². The molecule has 0 heterocycles. The summed E-state index contributed by atoms with van der Waals surface area (Å²) in [7, 11) is 0. The third kappa shape index (κ3) is 7.88. The van der Waals surface area contributed by atoms with E-state index in [2.05, 4.69) is 17.2 Å². The molecule has 0 bridgehead atoms. The second-order valence-corrected chi connectivity index (χ2v) is 5.85. The first kappa shape index (κ1) is 16.9. The Morgan fingerprint density at radius 2 is 1.86 bits per heavy atom. The third-order valence-electron chi connectivity index (χ3n) is 2.18. The molecular formula is C17H23NO3. The largest absolute Gasteiger partial charge is 0.491 e. The van der Waals surface area contributed by atoms with Crippen LogP contribution < -0.4 is 10.1 Å². The van der Waals surface area contributed by atoms with Crippen LogP contribution in [0.25, 0.3) is 0 Å². The highest BCUT2D eigenvalue weighted by Gasteiger charge is 2.14. The van der Waals surface area contributed by atoms with E-state index in [1.54, 1.807) is 0 Å². The zero-order chi connectivity index (χ0) is 15.9. The molecule has 1 aromatic carbocycles. The number of hydrogen-bond acceptors (Lipinski definition) is 3. The number of benzene rings is 1. The lowest BCUT2D eigenvalue weighted by Crippen LogP contribution is -2.32.